The van der Waals surface area contributed by atoms with E-state index in [-0.39, 0.29) is 5.82 Å². The van der Waals surface area contributed by atoms with Crippen LogP contribution in [0.2, 0.25) is 0 Å². The fourth-order valence-electron chi connectivity index (χ4n) is 1.99. The minimum absolute atomic E-state index is 0.319. The SMILES string of the molecule is Cc1cc(F)c(-c2cc3ccccc3o2)cc1N. The van der Waals surface area contributed by atoms with Crippen molar-refractivity contribution in [2.24, 2.45) is 0 Å². The van der Waals surface area contributed by atoms with E-state index in [1.807, 2.05) is 30.3 Å². The van der Waals surface area contributed by atoms with E-state index in [1.54, 1.807) is 13.0 Å². The Bertz CT molecular complexity index is 697. The zero-order valence-electron chi connectivity index (χ0n) is 9.91. The highest BCUT2D eigenvalue weighted by molar-refractivity contribution is 5.83. The molecular formula is C15H12FNO. The van der Waals surface area contributed by atoms with Crippen molar-refractivity contribution in [3.05, 3.63) is 53.8 Å². The number of anilines is 1. The fraction of sp³-hybridized carbons (Fsp3) is 0.0667. The third kappa shape index (κ3) is 1.64. The van der Waals surface area contributed by atoms with Crippen LogP contribution in [0.25, 0.3) is 22.3 Å². The lowest BCUT2D eigenvalue weighted by Crippen LogP contribution is -1.93. The maximum atomic E-state index is 13.9. The number of fused-ring (bicyclic) bond motifs is 1. The summed E-state index contributed by atoms with van der Waals surface area (Å²) in [6, 6.07) is 12.5. The van der Waals surface area contributed by atoms with Crippen LogP contribution in [0.5, 0.6) is 0 Å². The van der Waals surface area contributed by atoms with Crippen LogP contribution >= 0.6 is 0 Å². The molecule has 0 atom stereocenters. The summed E-state index contributed by atoms with van der Waals surface area (Å²) in [5, 5.41) is 0.950. The second-order valence-corrected chi connectivity index (χ2v) is 4.34. The van der Waals surface area contributed by atoms with Crippen molar-refractivity contribution in [3.63, 3.8) is 0 Å². The van der Waals surface area contributed by atoms with Crippen LogP contribution in [0.3, 0.4) is 0 Å². The molecular weight excluding hydrogens is 229 g/mol. The van der Waals surface area contributed by atoms with Crippen LogP contribution in [0.4, 0.5) is 10.1 Å². The van der Waals surface area contributed by atoms with Gasteiger partial charge < -0.3 is 10.2 Å². The zero-order chi connectivity index (χ0) is 12.7. The molecule has 1 aromatic heterocycles. The molecule has 0 aliphatic rings. The average molecular weight is 241 g/mol. The third-order valence-corrected chi connectivity index (χ3v) is 3.05. The summed E-state index contributed by atoms with van der Waals surface area (Å²) in [5.41, 5.74) is 8.24. The third-order valence-electron chi connectivity index (χ3n) is 3.05. The quantitative estimate of drug-likeness (QED) is 0.650. The molecule has 18 heavy (non-hydrogen) atoms. The summed E-state index contributed by atoms with van der Waals surface area (Å²) in [5.74, 6) is 0.182. The van der Waals surface area contributed by atoms with Crippen LogP contribution < -0.4 is 5.73 Å². The van der Waals surface area contributed by atoms with Crippen LogP contribution in [0.15, 0.2) is 46.9 Å². The van der Waals surface area contributed by atoms with Gasteiger partial charge in [0.15, 0.2) is 0 Å². The fourth-order valence-corrected chi connectivity index (χ4v) is 1.99. The van der Waals surface area contributed by atoms with E-state index in [1.165, 1.54) is 6.07 Å². The van der Waals surface area contributed by atoms with E-state index in [0.29, 0.717) is 17.0 Å². The highest BCUT2D eigenvalue weighted by atomic mass is 19.1. The van der Waals surface area contributed by atoms with E-state index in [2.05, 4.69) is 0 Å². The normalized spacial score (nSPS) is 11.0. The number of rotatable bonds is 1. The topological polar surface area (TPSA) is 39.2 Å². The van der Waals surface area contributed by atoms with Gasteiger partial charge in [0.05, 0.1) is 5.56 Å². The minimum Gasteiger partial charge on any atom is -0.456 e. The molecule has 0 aliphatic heterocycles. The van der Waals surface area contributed by atoms with Gasteiger partial charge in [-0.05, 0) is 36.8 Å². The molecule has 3 rings (SSSR count). The van der Waals surface area contributed by atoms with E-state index in [4.69, 9.17) is 10.2 Å². The Morgan fingerprint density at radius 3 is 2.67 bits per heavy atom. The first-order valence-corrected chi connectivity index (χ1v) is 5.70. The van der Waals surface area contributed by atoms with Gasteiger partial charge in [-0.1, -0.05) is 18.2 Å². The molecule has 3 aromatic rings. The van der Waals surface area contributed by atoms with Crippen molar-refractivity contribution in [2.45, 2.75) is 6.92 Å². The number of aryl methyl sites for hydroxylation is 1. The number of nitrogens with two attached hydrogens (primary N) is 1. The van der Waals surface area contributed by atoms with Gasteiger partial charge in [0, 0.05) is 11.1 Å². The number of hydrogen-bond donors (Lipinski definition) is 1. The highest BCUT2D eigenvalue weighted by Crippen LogP contribution is 2.31. The molecule has 0 unspecified atom stereocenters. The minimum atomic E-state index is -0.319. The zero-order valence-corrected chi connectivity index (χ0v) is 9.91. The summed E-state index contributed by atoms with van der Waals surface area (Å²) in [4.78, 5) is 0. The lowest BCUT2D eigenvalue weighted by Gasteiger charge is -2.04. The van der Waals surface area contributed by atoms with E-state index in [9.17, 15) is 4.39 Å². The first-order valence-electron chi connectivity index (χ1n) is 5.70. The Morgan fingerprint density at radius 1 is 1.11 bits per heavy atom. The van der Waals surface area contributed by atoms with Crippen molar-refractivity contribution in [1.82, 2.24) is 0 Å². The van der Waals surface area contributed by atoms with Crippen LogP contribution in [-0.4, -0.2) is 0 Å². The Balaban J connectivity index is 2.22. The number of benzene rings is 2. The Hall–Kier alpha value is -2.29. The molecule has 2 nitrogen and oxygen atoms in total. The molecule has 0 saturated heterocycles. The summed E-state index contributed by atoms with van der Waals surface area (Å²) in [7, 11) is 0. The van der Waals surface area contributed by atoms with Gasteiger partial charge >= 0.3 is 0 Å². The highest BCUT2D eigenvalue weighted by Gasteiger charge is 2.12. The molecule has 1 heterocycles. The Morgan fingerprint density at radius 2 is 1.89 bits per heavy atom. The molecule has 0 spiro atoms. The summed E-state index contributed by atoms with van der Waals surface area (Å²) < 4.78 is 19.6. The predicted molar refractivity (Wildman–Crippen MR) is 70.8 cm³/mol. The molecule has 0 fully saturated rings. The van der Waals surface area contributed by atoms with E-state index < -0.39 is 0 Å². The first kappa shape index (κ1) is 10.8. The maximum absolute atomic E-state index is 13.9. The van der Waals surface area contributed by atoms with Crippen molar-refractivity contribution < 1.29 is 8.81 Å². The summed E-state index contributed by atoms with van der Waals surface area (Å²) in [6.45, 7) is 1.78. The molecule has 90 valence electrons. The lowest BCUT2D eigenvalue weighted by molar-refractivity contribution is 0.601. The van der Waals surface area contributed by atoms with Gasteiger partial charge in [-0.2, -0.15) is 0 Å². The standard InChI is InChI=1S/C15H12FNO/c1-9-6-12(16)11(8-13(9)17)15-7-10-4-2-3-5-14(10)18-15/h2-8H,17H2,1H3. The van der Waals surface area contributed by atoms with Crippen molar-refractivity contribution in [1.29, 1.82) is 0 Å². The maximum Gasteiger partial charge on any atom is 0.138 e. The molecule has 0 radical (unpaired) electrons. The first-order chi connectivity index (χ1) is 8.65. The number of furan rings is 1. The molecule has 2 aromatic carbocycles. The Kier molecular flexibility index (Phi) is 2.33. The predicted octanol–water partition coefficient (Wildman–Crippen LogP) is 4.13. The summed E-state index contributed by atoms with van der Waals surface area (Å²) in [6.07, 6.45) is 0. The second kappa shape index (κ2) is 3.88. The number of nitrogen functional groups attached to an aromatic ring is 1. The molecule has 0 amide bonds. The van der Waals surface area contributed by atoms with Gasteiger partial charge in [0.2, 0.25) is 0 Å². The van der Waals surface area contributed by atoms with Crippen LogP contribution in [0.1, 0.15) is 5.56 Å². The van der Waals surface area contributed by atoms with Gasteiger partial charge in [-0.15, -0.1) is 0 Å². The van der Waals surface area contributed by atoms with Gasteiger partial charge in [0.25, 0.3) is 0 Å². The van der Waals surface area contributed by atoms with E-state index >= 15 is 0 Å². The van der Waals surface area contributed by atoms with E-state index in [0.717, 1.165) is 16.5 Å². The van der Waals surface area contributed by atoms with Gasteiger partial charge in [0.1, 0.15) is 17.2 Å². The molecule has 0 bridgehead atoms. The molecule has 0 saturated carbocycles. The molecule has 3 heteroatoms. The number of para-hydroxylation sites is 1. The van der Waals surface area contributed by atoms with Gasteiger partial charge in [-0.3, -0.25) is 0 Å². The largest absolute Gasteiger partial charge is 0.456 e. The molecule has 0 aliphatic carbocycles. The smallest absolute Gasteiger partial charge is 0.138 e. The Labute approximate surface area is 104 Å². The van der Waals surface area contributed by atoms with Crippen LogP contribution in [-0.2, 0) is 0 Å². The average Bonchev–Trinajstić information content (AvgIpc) is 2.77. The molecule has 2 N–H and O–H groups in total. The monoisotopic (exact) mass is 241 g/mol. The lowest BCUT2D eigenvalue weighted by atomic mass is 10.1. The second-order valence-electron chi connectivity index (χ2n) is 4.34. The van der Waals surface area contributed by atoms with Crippen LogP contribution in [0, 0.1) is 12.7 Å². The van der Waals surface area contributed by atoms with Crippen molar-refractivity contribution in [2.75, 3.05) is 5.73 Å². The van der Waals surface area contributed by atoms with Gasteiger partial charge in [-0.25, -0.2) is 4.39 Å². The number of halogens is 1. The summed E-state index contributed by atoms with van der Waals surface area (Å²) >= 11 is 0. The van der Waals surface area contributed by atoms with Crippen molar-refractivity contribution >= 4 is 16.7 Å². The number of hydrogen-bond acceptors (Lipinski definition) is 2. The van der Waals surface area contributed by atoms with Crippen molar-refractivity contribution in [3.8, 4) is 11.3 Å².